The first kappa shape index (κ1) is 23.8. The van der Waals surface area contributed by atoms with Crippen molar-refractivity contribution in [1.29, 1.82) is 0 Å². The van der Waals surface area contributed by atoms with Gasteiger partial charge in [-0.15, -0.1) is 22.7 Å². The van der Waals surface area contributed by atoms with Crippen molar-refractivity contribution in [3.63, 3.8) is 0 Å². The van der Waals surface area contributed by atoms with Crippen LogP contribution in [-0.2, 0) is 17.4 Å². The Balaban J connectivity index is 1.56. The maximum Gasteiger partial charge on any atom is 0.416 e. The normalized spacial score (nSPS) is 12.5. The van der Waals surface area contributed by atoms with Crippen molar-refractivity contribution >= 4 is 50.3 Å². The Labute approximate surface area is 200 Å². The highest BCUT2D eigenvalue weighted by Crippen LogP contribution is 2.35. The Morgan fingerprint density at radius 3 is 2.68 bits per heavy atom. The molecule has 11 heteroatoms. The van der Waals surface area contributed by atoms with E-state index in [2.05, 4.69) is 15.3 Å². The molecular weight excluding hydrogens is 487 g/mol. The summed E-state index contributed by atoms with van der Waals surface area (Å²) in [6.07, 6.45) is -4.41. The van der Waals surface area contributed by atoms with Crippen LogP contribution < -0.4 is 10.1 Å². The van der Waals surface area contributed by atoms with Crippen molar-refractivity contribution in [1.82, 2.24) is 9.97 Å². The molecule has 0 saturated carbocycles. The highest BCUT2D eigenvalue weighted by molar-refractivity contribution is 7.18. The third-order valence-corrected chi connectivity index (χ3v) is 6.72. The average molecular weight is 506 g/mol. The summed E-state index contributed by atoms with van der Waals surface area (Å²) in [6.45, 7) is 1.54. The number of halogens is 3. The molecule has 2 aromatic heterocycles. The molecule has 0 fully saturated rings. The van der Waals surface area contributed by atoms with Crippen molar-refractivity contribution in [2.45, 2.75) is 25.4 Å². The molecule has 2 heterocycles. The molecule has 0 saturated heterocycles. The van der Waals surface area contributed by atoms with Crippen molar-refractivity contribution in [3.8, 4) is 5.75 Å². The summed E-state index contributed by atoms with van der Waals surface area (Å²) in [5.74, 6) is -1.04. The molecule has 0 aliphatic heterocycles. The third kappa shape index (κ3) is 5.10. The Hall–Kier alpha value is -3.31. The van der Waals surface area contributed by atoms with Gasteiger partial charge in [-0.05, 0) is 24.6 Å². The minimum atomic E-state index is -4.49. The number of aromatic nitrogens is 2. The molecule has 4 rings (SSSR count). The maximum atomic E-state index is 13.0. The number of hydrogen-bond donors (Lipinski definition) is 1. The summed E-state index contributed by atoms with van der Waals surface area (Å²) in [4.78, 5) is 33.7. The second-order valence-electron chi connectivity index (χ2n) is 7.44. The number of carbonyl (C=O) groups is 2. The lowest BCUT2D eigenvalue weighted by molar-refractivity contribution is -0.137. The van der Waals surface area contributed by atoms with Gasteiger partial charge in [-0.2, -0.15) is 13.2 Å². The molecule has 0 radical (unpaired) electrons. The van der Waals surface area contributed by atoms with E-state index in [4.69, 9.17) is 4.74 Å². The second kappa shape index (κ2) is 9.51. The van der Waals surface area contributed by atoms with E-state index in [0.29, 0.717) is 32.4 Å². The Morgan fingerprint density at radius 2 is 2.00 bits per heavy atom. The van der Waals surface area contributed by atoms with Gasteiger partial charge >= 0.3 is 6.18 Å². The molecular formula is C23H18F3N3O3S2. The van der Waals surface area contributed by atoms with Crippen LogP contribution in [0.3, 0.4) is 0 Å². The zero-order chi connectivity index (χ0) is 24.5. The molecule has 1 N–H and O–H groups in total. The SMILES string of the molecule is COc1cc(NC(=O)C(C)c2cccc(C(F)(F)F)c2)cc2sc(CC(=O)c3cscn3)nc12. The largest absolute Gasteiger partial charge is 0.494 e. The van der Waals surface area contributed by atoms with Crippen LogP contribution in [0, 0.1) is 0 Å². The average Bonchev–Trinajstić information content (AvgIpc) is 3.47. The fraction of sp³-hybridized carbons (Fsp3) is 0.217. The highest BCUT2D eigenvalue weighted by atomic mass is 32.1. The lowest BCUT2D eigenvalue weighted by Gasteiger charge is -2.15. The fourth-order valence-corrected chi connectivity index (χ4v) is 4.89. The molecule has 2 aromatic carbocycles. The van der Waals surface area contributed by atoms with Crippen LogP contribution in [0.1, 0.15) is 39.5 Å². The van der Waals surface area contributed by atoms with Gasteiger partial charge in [0, 0.05) is 17.1 Å². The summed E-state index contributed by atoms with van der Waals surface area (Å²) >= 11 is 2.63. The number of ketones is 1. The first-order valence-electron chi connectivity index (χ1n) is 10.0. The molecule has 0 aliphatic carbocycles. The number of anilines is 1. The van der Waals surface area contributed by atoms with Crippen molar-refractivity contribution in [2.75, 3.05) is 12.4 Å². The molecule has 1 atom stereocenters. The van der Waals surface area contributed by atoms with Crippen molar-refractivity contribution < 1.29 is 27.5 Å². The van der Waals surface area contributed by atoms with E-state index < -0.39 is 23.6 Å². The number of methoxy groups -OCH3 is 1. The van der Waals surface area contributed by atoms with Gasteiger partial charge in [-0.25, -0.2) is 9.97 Å². The van der Waals surface area contributed by atoms with E-state index in [1.165, 1.54) is 48.8 Å². The van der Waals surface area contributed by atoms with E-state index in [1.807, 2.05) is 0 Å². The van der Waals surface area contributed by atoms with Gasteiger partial charge in [0.25, 0.3) is 0 Å². The van der Waals surface area contributed by atoms with Crippen molar-refractivity contribution in [2.24, 2.45) is 0 Å². The summed E-state index contributed by atoms with van der Waals surface area (Å²) in [5, 5.41) is 4.99. The molecule has 176 valence electrons. The smallest absolute Gasteiger partial charge is 0.416 e. The standard InChI is InChI=1S/C23H18F3N3O3S2/c1-12(13-4-3-5-14(6-13)23(24,25)26)22(31)28-15-7-18(32-2)21-19(8-15)34-20(29-21)9-17(30)16-10-33-11-27-16/h3-8,10-12H,9H2,1-2H3,(H,28,31). The van der Waals surface area contributed by atoms with Crippen LogP contribution in [0.25, 0.3) is 10.2 Å². The van der Waals surface area contributed by atoms with Crippen molar-refractivity contribution in [3.05, 3.63) is 69.1 Å². The predicted octanol–water partition coefficient (Wildman–Crippen LogP) is 5.95. The molecule has 1 unspecified atom stereocenters. The topological polar surface area (TPSA) is 81.2 Å². The van der Waals surface area contributed by atoms with Gasteiger partial charge in [-0.3, -0.25) is 9.59 Å². The summed E-state index contributed by atoms with van der Waals surface area (Å²) in [6, 6.07) is 7.99. The van der Waals surface area contributed by atoms with Gasteiger partial charge in [0.1, 0.15) is 22.0 Å². The first-order chi connectivity index (χ1) is 16.2. The number of benzene rings is 2. The summed E-state index contributed by atoms with van der Waals surface area (Å²) in [5.41, 5.74) is 2.38. The Kier molecular flexibility index (Phi) is 6.67. The molecule has 1 amide bonds. The molecule has 4 aromatic rings. The van der Waals surface area contributed by atoms with E-state index >= 15 is 0 Å². The highest BCUT2D eigenvalue weighted by Gasteiger charge is 2.31. The minimum Gasteiger partial charge on any atom is -0.494 e. The first-order valence-corrected chi connectivity index (χ1v) is 11.8. The molecule has 0 bridgehead atoms. The van der Waals surface area contributed by atoms with Crippen LogP contribution in [-0.4, -0.2) is 28.8 Å². The van der Waals surface area contributed by atoms with Gasteiger partial charge in [0.15, 0.2) is 5.78 Å². The number of thiazole rings is 2. The number of carbonyl (C=O) groups excluding carboxylic acids is 2. The number of ether oxygens (including phenoxy) is 1. The van der Waals surface area contributed by atoms with Gasteiger partial charge in [0.2, 0.25) is 5.91 Å². The number of nitrogens with one attached hydrogen (secondary N) is 1. The number of Topliss-reactive ketones (excluding diaryl/α,β-unsaturated/α-hetero) is 1. The van der Waals surface area contributed by atoms with Crippen LogP contribution >= 0.6 is 22.7 Å². The number of hydrogen-bond acceptors (Lipinski definition) is 7. The van der Waals surface area contributed by atoms with Crippen LogP contribution in [0.2, 0.25) is 0 Å². The molecule has 0 aliphatic rings. The number of rotatable bonds is 7. The lowest BCUT2D eigenvalue weighted by Crippen LogP contribution is -2.19. The zero-order valence-corrected chi connectivity index (χ0v) is 19.6. The molecule has 0 spiro atoms. The van der Waals surface area contributed by atoms with Crippen LogP contribution in [0.15, 0.2) is 47.3 Å². The van der Waals surface area contributed by atoms with Gasteiger partial charge in [-0.1, -0.05) is 18.2 Å². The Bertz CT molecular complexity index is 1350. The van der Waals surface area contributed by atoms with Crippen LogP contribution in [0.4, 0.5) is 18.9 Å². The monoisotopic (exact) mass is 505 g/mol. The predicted molar refractivity (Wildman–Crippen MR) is 125 cm³/mol. The van der Waals surface area contributed by atoms with E-state index in [9.17, 15) is 22.8 Å². The molecule has 6 nitrogen and oxygen atoms in total. The maximum absolute atomic E-state index is 13.0. The number of amides is 1. The lowest BCUT2D eigenvalue weighted by atomic mass is 9.98. The molecule has 34 heavy (non-hydrogen) atoms. The number of fused-ring (bicyclic) bond motifs is 1. The Morgan fingerprint density at radius 1 is 1.21 bits per heavy atom. The van der Waals surface area contributed by atoms with Gasteiger partial charge < -0.3 is 10.1 Å². The quantitative estimate of drug-likeness (QED) is 0.314. The number of nitrogens with zero attached hydrogens (tertiary/aromatic N) is 2. The minimum absolute atomic E-state index is 0.0838. The van der Waals surface area contributed by atoms with Gasteiger partial charge in [0.05, 0.1) is 35.2 Å². The van der Waals surface area contributed by atoms with E-state index in [-0.39, 0.29) is 17.8 Å². The fourth-order valence-electron chi connectivity index (χ4n) is 3.31. The summed E-state index contributed by atoms with van der Waals surface area (Å²) in [7, 11) is 1.46. The van der Waals surface area contributed by atoms with Crippen LogP contribution in [0.5, 0.6) is 5.75 Å². The number of alkyl halides is 3. The van der Waals surface area contributed by atoms with E-state index in [1.54, 1.807) is 23.0 Å². The van der Waals surface area contributed by atoms with E-state index in [0.717, 1.165) is 12.1 Å². The third-order valence-electron chi connectivity index (χ3n) is 5.13. The summed E-state index contributed by atoms with van der Waals surface area (Å²) < 4.78 is 45.2. The second-order valence-corrected chi connectivity index (χ2v) is 9.27. The zero-order valence-electron chi connectivity index (χ0n) is 18.0.